The molecule has 6 heteroatoms. The summed E-state index contributed by atoms with van der Waals surface area (Å²) in [6.07, 6.45) is 7.98. The molecule has 2 heterocycles. The summed E-state index contributed by atoms with van der Waals surface area (Å²) >= 11 is 0. The topological polar surface area (TPSA) is 99.9 Å². The Kier molecular flexibility index (Phi) is 4.29. The van der Waals surface area contributed by atoms with Crippen LogP contribution < -0.4 is 16.2 Å². The largest absolute Gasteiger partial charge is 0.494 e. The zero-order valence-electron chi connectivity index (χ0n) is 13.7. The molecule has 4 N–H and O–H groups in total. The number of rotatable bonds is 4. The van der Waals surface area contributed by atoms with E-state index in [1.165, 1.54) is 0 Å². The van der Waals surface area contributed by atoms with Crippen LogP contribution in [0.1, 0.15) is 23.6 Å². The lowest BCUT2D eigenvalue weighted by atomic mass is 9.97. The van der Waals surface area contributed by atoms with E-state index in [4.69, 9.17) is 16.2 Å². The van der Waals surface area contributed by atoms with Crippen LogP contribution in [0.3, 0.4) is 0 Å². The van der Waals surface area contributed by atoms with Gasteiger partial charge in [-0.25, -0.2) is 4.98 Å². The van der Waals surface area contributed by atoms with Gasteiger partial charge < -0.3 is 16.2 Å². The second-order valence-electron chi connectivity index (χ2n) is 5.37. The standard InChI is InChI=1S/C18H19N5O/c1-3-5-11-8-12(9-13-10-22-18(20)23-17(13)19)14-6-4-7-21-15(14)16(11)24-2/h3-8,10H,9H2,1-2H3,(H4,19,20,22,23)/b5-3-. The number of methoxy groups -OCH3 is 1. The number of fused-ring (bicyclic) bond motifs is 1. The molecule has 3 rings (SSSR count). The van der Waals surface area contributed by atoms with Crippen molar-refractivity contribution >= 4 is 28.7 Å². The minimum Gasteiger partial charge on any atom is -0.494 e. The number of aromatic nitrogens is 3. The summed E-state index contributed by atoms with van der Waals surface area (Å²) in [7, 11) is 1.65. The lowest BCUT2D eigenvalue weighted by Gasteiger charge is -2.14. The number of hydrogen-bond acceptors (Lipinski definition) is 6. The Balaban J connectivity index is 2.20. The molecule has 0 saturated carbocycles. The average molecular weight is 321 g/mol. The molecule has 1 aromatic carbocycles. The Morgan fingerprint density at radius 2 is 2.04 bits per heavy atom. The lowest BCUT2D eigenvalue weighted by Crippen LogP contribution is -2.05. The number of allylic oxidation sites excluding steroid dienone is 1. The molecular weight excluding hydrogens is 302 g/mol. The molecule has 0 unspecified atom stereocenters. The third-order valence-corrected chi connectivity index (χ3v) is 3.81. The average Bonchev–Trinajstić information content (AvgIpc) is 2.58. The van der Waals surface area contributed by atoms with Gasteiger partial charge in [-0.3, -0.25) is 4.98 Å². The Labute approximate surface area is 140 Å². The number of nitrogens with zero attached hydrogens (tertiary/aromatic N) is 3. The van der Waals surface area contributed by atoms with Crippen molar-refractivity contribution in [1.82, 2.24) is 15.0 Å². The molecule has 0 aliphatic heterocycles. The molecule has 0 radical (unpaired) electrons. The van der Waals surface area contributed by atoms with E-state index in [2.05, 4.69) is 21.0 Å². The summed E-state index contributed by atoms with van der Waals surface area (Å²) in [5.74, 6) is 1.32. The second kappa shape index (κ2) is 6.54. The van der Waals surface area contributed by atoms with Crippen molar-refractivity contribution in [2.24, 2.45) is 0 Å². The minimum atomic E-state index is 0.173. The normalized spacial score (nSPS) is 11.2. The van der Waals surface area contributed by atoms with E-state index in [0.717, 1.165) is 33.3 Å². The van der Waals surface area contributed by atoms with E-state index in [1.807, 2.05) is 31.2 Å². The zero-order chi connectivity index (χ0) is 17.1. The Bertz CT molecular complexity index is 921. The van der Waals surface area contributed by atoms with E-state index < -0.39 is 0 Å². The molecule has 0 aliphatic carbocycles. The molecule has 3 aromatic rings. The first-order chi connectivity index (χ1) is 11.6. The molecule has 0 spiro atoms. The fraction of sp³-hybridized carbons (Fsp3) is 0.167. The van der Waals surface area contributed by atoms with Crippen molar-refractivity contribution in [3.8, 4) is 5.75 Å². The molecule has 24 heavy (non-hydrogen) atoms. The fourth-order valence-corrected chi connectivity index (χ4v) is 2.75. The highest BCUT2D eigenvalue weighted by Crippen LogP contribution is 2.33. The van der Waals surface area contributed by atoms with Gasteiger partial charge in [0.15, 0.2) is 5.75 Å². The van der Waals surface area contributed by atoms with Crippen LogP contribution in [0.2, 0.25) is 0 Å². The van der Waals surface area contributed by atoms with Crippen molar-refractivity contribution < 1.29 is 4.74 Å². The van der Waals surface area contributed by atoms with Gasteiger partial charge in [0.25, 0.3) is 0 Å². The van der Waals surface area contributed by atoms with E-state index >= 15 is 0 Å². The maximum atomic E-state index is 5.98. The zero-order valence-corrected chi connectivity index (χ0v) is 13.7. The molecule has 0 atom stereocenters. The molecule has 0 saturated heterocycles. The van der Waals surface area contributed by atoms with Crippen LogP contribution in [0.25, 0.3) is 17.0 Å². The lowest BCUT2D eigenvalue weighted by molar-refractivity contribution is 0.418. The Hall–Kier alpha value is -3.15. The van der Waals surface area contributed by atoms with Crippen LogP contribution in [-0.4, -0.2) is 22.1 Å². The van der Waals surface area contributed by atoms with Gasteiger partial charge in [0, 0.05) is 35.3 Å². The van der Waals surface area contributed by atoms with Gasteiger partial charge in [0.1, 0.15) is 11.3 Å². The molecular formula is C18H19N5O. The molecule has 6 nitrogen and oxygen atoms in total. The van der Waals surface area contributed by atoms with Gasteiger partial charge >= 0.3 is 0 Å². The van der Waals surface area contributed by atoms with E-state index in [9.17, 15) is 0 Å². The number of benzene rings is 1. The Morgan fingerprint density at radius 1 is 1.21 bits per heavy atom. The number of ether oxygens (including phenoxy) is 1. The summed E-state index contributed by atoms with van der Waals surface area (Å²) in [4.78, 5) is 12.6. The van der Waals surface area contributed by atoms with Crippen LogP contribution in [-0.2, 0) is 6.42 Å². The Morgan fingerprint density at radius 3 is 2.75 bits per heavy atom. The smallest absolute Gasteiger partial charge is 0.221 e. The first-order valence-corrected chi connectivity index (χ1v) is 7.58. The van der Waals surface area contributed by atoms with Gasteiger partial charge in [-0.05, 0) is 24.6 Å². The van der Waals surface area contributed by atoms with Gasteiger partial charge in [-0.1, -0.05) is 18.2 Å². The van der Waals surface area contributed by atoms with Crippen molar-refractivity contribution in [3.63, 3.8) is 0 Å². The van der Waals surface area contributed by atoms with Gasteiger partial charge in [-0.2, -0.15) is 4.98 Å². The van der Waals surface area contributed by atoms with Crippen molar-refractivity contribution in [2.45, 2.75) is 13.3 Å². The first-order valence-electron chi connectivity index (χ1n) is 7.58. The quantitative estimate of drug-likeness (QED) is 0.766. The molecule has 0 aliphatic rings. The summed E-state index contributed by atoms with van der Waals surface area (Å²) in [5.41, 5.74) is 15.2. The fourth-order valence-electron chi connectivity index (χ4n) is 2.75. The molecule has 122 valence electrons. The van der Waals surface area contributed by atoms with Crippen LogP contribution in [0, 0.1) is 0 Å². The van der Waals surface area contributed by atoms with E-state index in [-0.39, 0.29) is 5.95 Å². The minimum absolute atomic E-state index is 0.173. The maximum Gasteiger partial charge on any atom is 0.221 e. The summed E-state index contributed by atoms with van der Waals surface area (Å²) < 4.78 is 5.58. The summed E-state index contributed by atoms with van der Waals surface area (Å²) in [5, 5.41) is 1.01. The summed E-state index contributed by atoms with van der Waals surface area (Å²) in [6.45, 7) is 1.97. The van der Waals surface area contributed by atoms with Crippen molar-refractivity contribution in [1.29, 1.82) is 0 Å². The highest BCUT2D eigenvalue weighted by atomic mass is 16.5. The molecule has 2 aromatic heterocycles. The van der Waals surface area contributed by atoms with E-state index in [0.29, 0.717) is 12.2 Å². The number of hydrogen-bond donors (Lipinski definition) is 2. The number of pyridine rings is 1. The third kappa shape index (κ3) is 2.86. The van der Waals surface area contributed by atoms with Crippen LogP contribution >= 0.6 is 0 Å². The van der Waals surface area contributed by atoms with Crippen LogP contribution in [0.15, 0.2) is 36.7 Å². The highest BCUT2D eigenvalue weighted by molar-refractivity contribution is 5.91. The first kappa shape index (κ1) is 15.7. The maximum absolute atomic E-state index is 5.98. The van der Waals surface area contributed by atoms with E-state index in [1.54, 1.807) is 19.5 Å². The predicted octanol–water partition coefficient (Wildman–Crippen LogP) is 2.82. The van der Waals surface area contributed by atoms with Crippen molar-refractivity contribution in [3.05, 3.63) is 53.4 Å². The SMILES string of the molecule is C/C=C\c1cc(Cc2cnc(N)nc2N)c2cccnc2c1OC. The monoisotopic (exact) mass is 321 g/mol. The third-order valence-electron chi connectivity index (χ3n) is 3.81. The van der Waals surface area contributed by atoms with Crippen molar-refractivity contribution in [2.75, 3.05) is 18.6 Å². The molecule has 0 bridgehead atoms. The van der Waals surface area contributed by atoms with Crippen LogP contribution in [0.5, 0.6) is 5.75 Å². The van der Waals surface area contributed by atoms with Gasteiger partial charge in [0.2, 0.25) is 5.95 Å². The van der Waals surface area contributed by atoms with Crippen LogP contribution in [0.4, 0.5) is 11.8 Å². The van der Waals surface area contributed by atoms with Gasteiger partial charge in [0.05, 0.1) is 7.11 Å². The number of nitrogen functional groups attached to an aromatic ring is 2. The second-order valence-corrected chi connectivity index (χ2v) is 5.37. The predicted molar refractivity (Wildman–Crippen MR) is 96.7 cm³/mol. The summed E-state index contributed by atoms with van der Waals surface area (Å²) in [6, 6.07) is 6.01. The molecule has 0 amide bonds. The number of anilines is 2. The highest BCUT2D eigenvalue weighted by Gasteiger charge is 2.14. The van der Waals surface area contributed by atoms with Gasteiger partial charge in [-0.15, -0.1) is 0 Å². The molecule has 0 fully saturated rings. The number of nitrogens with two attached hydrogens (primary N) is 2.